The fourth-order valence-corrected chi connectivity index (χ4v) is 4.40. The Morgan fingerprint density at radius 3 is 2.34 bits per heavy atom. The molecule has 0 aromatic heterocycles. The molecule has 0 saturated heterocycles. The molecule has 2 aliphatic rings. The fourth-order valence-electron chi connectivity index (χ4n) is 4.27. The lowest BCUT2D eigenvalue weighted by Crippen LogP contribution is -2.37. The van der Waals surface area contributed by atoms with Crippen LogP contribution in [0.1, 0.15) is 17.5 Å². The summed E-state index contributed by atoms with van der Waals surface area (Å²) in [6.07, 6.45) is 1.67. The number of amides is 2. The number of benzene rings is 3. The van der Waals surface area contributed by atoms with Gasteiger partial charge in [0.1, 0.15) is 5.70 Å². The van der Waals surface area contributed by atoms with Crippen molar-refractivity contribution in [3.63, 3.8) is 0 Å². The third-order valence-electron chi connectivity index (χ3n) is 5.73. The molecule has 7 heteroatoms. The summed E-state index contributed by atoms with van der Waals surface area (Å²) in [5.41, 5.74) is 2.85. The summed E-state index contributed by atoms with van der Waals surface area (Å²) < 4.78 is 27.4. The van der Waals surface area contributed by atoms with Crippen molar-refractivity contribution in [1.82, 2.24) is 0 Å². The van der Waals surface area contributed by atoms with Gasteiger partial charge in [0, 0.05) is 23.3 Å². The molecule has 3 aromatic rings. The maximum absolute atomic E-state index is 13.9. The molecule has 0 spiro atoms. The van der Waals surface area contributed by atoms with Crippen molar-refractivity contribution in [3.05, 3.63) is 100 Å². The van der Waals surface area contributed by atoms with Crippen LogP contribution >= 0.6 is 11.6 Å². The summed E-state index contributed by atoms with van der Waals surface area (Å²) in [4.78, 5) is 29.9. The summed E-state index contributed by atoms with van der Waals surface area (Å²) in [6, 6.07) is 17.4. The van der Waals surface area contributed by atoms with E-state index in [0.717, 1.165) is 41.1 Å². The number of anilines is 2. The largest absolute Gasteiger partial charge is 0.336 e. The SMILES string of the molecule is O=C1C(c2ccc(Cl)cc2)=C(N2CCCc3ccccc32)C(=O)N1c1ccc(F)c(F)c1. The van der Waals surface area contributed by atoms with E-state index in [9.17, 15) is 18.4 Å². The van der Waals surface area contributed by atoms with Crippen LogP contribution in [0.3, 0.4) is 0 Å². The zero-order valence-corrected chi connectivity index (χ0v) is 17.6. The van der Waals surface area contributed by atoms with E-state index >= 15 is 0 Å². The minimum absolute atomic E-state index is 0.0225. The summed E-state index contributed by atoms with van der Waals surface area (Å²) in [6.45, 7) is 0.550. The molecule has 32 heavy (non-hydrogen) atoms. The van der Waals surface area contributed by atoms with Crippen LogP contribution in [0.25, 0.3) is 5.57 Å². The molecule has 2 heterocycles. The number of aryl methyl sites for hydroxylation is 1. The zero-order chi connectivity index (χ0) is 22.4. The van der Waals surface area contributed by atoms with Gasteiger partial charge in [-0.3, -0.25) is 9.59 Å². The van der Waals surface area contributed by atoms with Crippen LogP contribution in [-0.2, 0) is 16.0 Å². The van der Waals surface area contributed by atoms with Crippen LogP contribution in [-0.4, -0.2) is 18.4 Å². The van der Waals surface area contributed by atoms with E-state index in [2.05, 4.69) is 0 Å². The Kier molecular flexibility index (Phi) is 5.02. The Bertz CT molecular complexity index is 1290. The number of rotatable bonds is 3. The molecule has 0 fully saturated rings. The number of carbonyl (C=O) groups excluding carboxylic acids is 2. The normalized spacial score (nSPS) is 16.1. The Balaban J connectivity index is 1.70. The monoisotopic (exact) mass is 450 g/mol. The van der Waals surface area contributed by atoms with Crippen molar-refractivity contribution in [1.29, 1.82) is 0 Å². The Morgan fingerprint density at radius 1 is 0.844 bits per heavy atom. The van der Waals surface area contributed by atoms with Gasteiger partial charge in [-0.05, 0) is 54.3 Å². The average Bonchev–Trinajstić information content (AvgIpc) is 3.06. The third-order valence-corrected chi connectivity index (χ3v) is 5.99. The van der Waals surface area contributed by atoms with Gasteiger partial charge in [-0.25, -0.2) is 13.7 Å². The van der Waals surface area contributed by atoms with E-state index in [-0.39, 0.29) is 17.0 Å². The third kappa shape index (κ3) is 3.28. The van der Waals surface area contributed by atoms with Gasteiger partial charge in [0.2, 0.25) is 0 Å². The van der Waals surface area contributed by atoms with Crippen molar-refractivity contribution < 1.29 is 18.4 Å². The second-order valence-corrected chi connectivity index (χ2v) is 8.09. The van der Waals surface area contributed by atoms with E-state index in [1.54, 1.807) is 24.3 Å². The number of nitrogens with zero attached hydrogens (tertiary/aromatic N) is 2. The molecule has 0 atom stereocenters. The number of para-hydroxylation sites is 1. The Hall–Kier alpha value is -3.51. The number of hydrogen-bond donors (Lipinski definition) is 0. The lowest BCUT2D eigenvalue weighted by molar-refractivity contribution is -0.120. The lowest BCUT2D eigenvalue weighted by Gasteiger charge is -2.32. The van der Waals surface area contributed by atoms with Gasteiger partial charge < -0.3 is 4.90 Å². The van der Waals surface area contributed by atoms with E-state index in [0.29, 0.717) is 17.1 Å². The first-order chi connectivity index (χ1) is 15.5. The smallest absolute Gasteiger partial charge is 0.282 e. The van der Waals surface area contributed by atoms with E-state index in [1.807, 2.05) is 29.2 Å². The number of fused-ring (bicyclic) bond motifs is 1. The zero-order valence-electron chi connectivity index (χ0n) is 16.8. The molecule has 160 valence electrons. The topological polar surface area (TPSA) is 40.6 Å². The molecule has 0 aliphatic carbocycles. The first kappa shape index (κ1) is 20.4. The van der Waals surface area contributed by atoms with Crippen LogP contribution in [0, 0.1) is 11.6 Å². The maximum atomic E-state index is 13.9. The molecule has 0 N–H and O–H groups in total. The summed E-state index contributed by atoms with van der Waals surface area (Å²) in [5, 5.41) is 0.494. The minimum Gasteiger partial charge on any atom is -0.336 e. The van der Waals surface area contributed by atoms with Gasteiger partial charge >= 0.3 is 0 Å². The Labute approximate surface area is 188 Å². The minimum atomic E-state index is -1.13. The summed E-state index contributed by atoms with van der Waals surface area (Å²) >= 11 is 6.03. The van der Waals surface area contributed by atoms with Gasteiger partial charge in [-0.1, -0.05) is 41.9 Å². The van der Waals surface area contributed by atoms with Crippen LogP contribution in [0.15, 0.2) is 72.4 Å². The molecule has 2 amide bonds. The van der Waals surface area contributed by atoms with Crippen LogP contribution in [0.4, 0.5) is 20.2 Å². The van der Waals surface area contributed by atoms with E-state index in [4.69, 9.17) is 11.6 Å². The highest BCUT2D eigenvalue weighted by molar-refractivity contribution is 6.46. The first-order valence-corrected chi connectivity index (χ1v) is 10.5. The second-order valence-electron chi connectivity index (χ2n) is 7.66. The predicted octanol–water partition coefficient (Wildman–Crippen LogP) is 5.36. The number of hydrogen-bond acceptors (Lipinski definition) is 3. The molecule has 2 aliphatic heterocycles. The second kappa shape index (κ2) is 7.88. The highest BCUT2D eigenvalue weighted by Gasteiger charge is 2.43. The number of halogens is 3. The Morgan fingerprint density at radius 2 is 1.59 bits per heavy atom. The van der Waals surface area contributed by atoms with Gasteiger partial charge in [0.05, 0.1) is 11.3 Å². The predicted molar refractivity (Wildman–Crippen MR) is 119 cm³/mol. The van der Waals surface area contributed by atoms with Crippen molar-refractivity contribution in [2.24, 2.45) is 0 Å². The highest BCUT2D eigenvalue weighted by atomic mass is 35.5. The highest BCUT2D eigenvalue weighted by Crippen LogP contribution is 2.39. The van der Waals surface area contributed by atoms with Crippen LogP contribution < -0.4 is 9.80 Å². The van der Waals surface area contributed by atoms with Gasteiger partial charge in [0.15, 0.2) is 11.6 Å². The number of imide groups is 1. The molecule has 5 rings (SSSR count). The van der Waals surface area contributed by atoms with E-state index in [1.165, 1.54) is 6.07 Å². The molecular weight excluding hydrogens is 434 g/mol. The molecule has 0 saturated carbocycles. The molecule has 0 radical (unpaired) electrons. The molecular formula is C25H17ClF2N2O2. The van der Waals surface area contributed by atoms with Crippen LogP contribution in [0.2, 0.25) is 5.02 Å². The van der Waals surface area contributed by atoms with Crippen molar-refractivity contribution in [2.75, 3.05) is 16.3 Å². The molecule has 3 aromatic carbocycles. The van der Waals surface area contributed by atoms with Crippen molar-refractivity contribution >= 4 is 40.4 Å². The molecule has 0 bridgehead atoms. The first-order valence-electron chi connectivity index (χ1n) is 10.1. The number of carbonyl (C=O) groups is 2. The van der Waals surface area contributed by atoms with Crippen molar-refractivity contribution in [2.45, 2.75) is 12.8 Å². The molecule has 0 unspecified atom stereocenters. The lowest BCUT2D eigenvalue weighted by atomic mass is 9.98. The van der Waals surface area contributed by atoms with Gasteiger partial charge in [0.25, 0.3) is 11.8 Å². The standard InChI is InChI=1S/C25H17ClF2N2O2/c26-17-9-7-16(8-10-17)22-23(29-13-3-5-15-4-1-2-6-21(15)29)25(32)30(24(22)31)18-11-12-19(27)20(28)14-18/h1-2,4,6-12,14H,3,5,13H2. The summed E-state index contributed by atoms with van der Waals surface area (Å²) in [5.74, 6) is -3.36. The maximum Gasteiger partial charge on any atom is 0.282 e. The fraction of sp³-hybridized carbons (Fsp3) is 0.120. The quantitative estimate of drug-likeness (QED) is 0.505. The summed E-state index contributed by atoms with van der Waals surface area (Å²) in [7, 11) is 0. The van der Waals surface area contributed by atoms with E-state index < -0.39 is 23.4 Å². The average molecular weight is 451 g/mol. The van der Waals surface area contributed by atoms with Crippen molar-refractivity contribution in [3.8, 4) is 0 Å². The van der Waals surface area contributed by atoms with Gasteiger partial charge in [-0.15, -0.1) is 0 Å². The van der Waals surface area contributed by atoms with Crippen LogP contribution in [0.5, 0.6) is 0 Å². The molecule has 4 nitrogen and oxygen atoms in total. The van der Waals surface area contributed by atoms with Gasteiger partial charge in [-0.2, -0.15) is 0 Å².